The van der Waals surface area contributed by atoms with E-state index in [2.05, 4.69) is 10.2 Å². The molecule has 11 heteroatoms. The number of thiophene rings is 1. The molecule has 1 fully saturated rings. The lowest BCUT2D eigenvalue weighted by Crippen LogP contribution is -2.43. The van der Waals surface area contributed by atoms with Crippen LogP contribution in [-0.4, -0.2) is 61.7 Å². The van der Waals surface area contributed by atoms with Gasteiger partial charge in [-0.2, -0.15) is 0 Å². The van der Waals surface area contributed by atoms with Gasteiger partial charge in [0.1, 0.15) is 6.54 Å². The largest absolute Gasteiger partial charge is 0.418 e. The van der Waals surface area contributed by atoms with Crippen molar-refractivity contribution in [3.8, 4) is 10.8 Å². The van der Waals surface area contributed by atoms with E-state index in [-0.39, 0.29) is 19.0 Å². The molecule has 0 unspecified atom stereocenters. The van der Waals surface area contributed by atoms with E-state index in [1.54, 1.807) is 24.3 Å². The van der Waals surface area contributed by atoms with Crippen LogP contribution in [0, 0.1) is 0 Å². The summed E-state index contributed by atoms with van der Waals surface area (Å²) < 4.78 is 5.65. The molecule has 3 heterocycles. The number of imide groups is 2. The molecule has 2 aromatic heterocycles. The molecule has 0 saturated carbocycles. The van der Waals surface area contributed by atoms with E-state index in [0.29, 0.717) is 29.3 Å². The molecule has 1 aliphatic rings. The third kappa shape index (κ3) is 4.82. The fourth-order valence-electron chi connectivity index (χ4n) is 3.37. The number of benzene rings is 1. The lowest BCUT2D eigenvalue weighted by Gasteiger charge is -2.22. The first-order valence-electron chi connectivity index (χ1n) is 10.3. The summed E-state index contributed by atoms with van der Waals surface area (Å²) in [5.74, 6) is -1.87. The van der Waals surface area contributed by atoms with Crippen molar-refractivity contribution in [2.45, 2.75) is 26.4 Å². The summed E-state index contributed by atoms with van der Waals surface area (Å²) in [6.07, 6.45) is 0.638. The van der Waals surface area contributed by atoms with Crippen molar-refractivity contribution in [3.63, 3.8) is 0 Å². The van der Waals surface area contributed by atoms with Crippen LogP contribution in [-0.2, 0) is 27.5 Å². The van der Waals surface area contributed by atoms with E-state index in [1.165, 1.54) is 16.2 Å². The van der Waals surface area contributed by atoms with Gasteiger partial charge in [-0.15, -0.1) is 21.5 Å². The number of rotatable bonds is 9. The summed E-state index contributed by atoms with van der Waals surface area (Å²) in [5.41, 5.74) is 0.700. The summed E-state index contributed by atoms with van der Waals surface area (Å²) >= 11 is 1.45. The fraction of sp³-hybridized carbons (Fsp3) is 0.273. The molecule has 33 heavy (non-hydrogen) atoms. The van der Waals surface area contributed by atoms with Crippen LogP contribution >= 0.6 is 11.3 Å². The minimum atomic E-state index is -1.02. The Hall–Kier alpha value is -3.86. The number of amides is 5. The van der Waals surface area contributed by atoms with Crippen LogP contribution in [0.1, 0.15) is 24.8 Å². The van der Waals surface area contributed by atoms with Crippen LogP contribution in [0.15, 0.2) is 52.3 Å². The maximum absolute atomic E-state index is 13.0. The second-order valence-electron chi connectivity index (χ2n) is 7.34. The zero-order valence-corrected chi connectivity index (χ0v) is 18.7. The van der Waals surface area contributed by atoms with Gasteiger partial charge in [-0.3, -0.25) is 19.3 Å². The molecule has 0 aliphatic carbocycles. The minimum absolute atomic E-state index is 0.0307. The smallest absolute Gasteiger partial charge is 0.335 e. The maximum Gasteiger partial charge on any atom is 0.335 e. The quantitative estimate of drug-likeness (QED) is 0.351. The lowest BCUT2D eigenvalue weighted by atomic mass is 10.2. The van der Waals surface area contributed by atoms with Crippen LogP contribution in [0.4, 0.5) is 4.79 Å². The molecule has 10 nitrogen and oxygen atoms in total. The van der Waals surface area contributed by atoms with Crippen LogP contribution in [0.3, 0.4) is 0 Å². The van der Waals surface area contributed by atoms with Crippen molar-refractivity contribution in [3.05, 3.63) is 59.3 Å². The van der Waals surface area contributed by atoms with Gasteiger partial charge < -0.3 is 9.32 Å². The van der Waals surface area contributed by atoms with Gasteiger partial charge in [0.15, 0.2) is 0 Å². The highest BCUT2D eigenvalue weighted by Gasteiger charge is 2.45. The lowest BCUT2D eigenvalue weighted by molar-refractivity contribution is -0.145. The van der Waals surface area contributed by atoms with Gasteiger partial charge in [0.05, 0.1) is 18.0 Å². The van der Waals surface area contributed by atoms with Crippen molar-refractivity contribution < 1.29 is 23.6 Å². The van der Waals surface area contributed by atoms with Gasteiger partial charge >= 0.3 is 17.8 Å². The Kier molecular flexibility index (Phi) is 6.59. The van der Waals surface area contributed by atoms with Gasteiger partial charge in [0.25, 0.3) is 5.89 Å². The molecule has 1 saturated heterocycles. The number of urea groups is 1. The average molecular weight is 468 g/mol. The number of carbonyl (C=O) groups excluding carboxylic acids is 4. The third-order valence-corrected chi connectivity index (χ3v) is 5.84. The molecule has 1 aliphatic heterocycles. The predicted octanol–water partition coefficient (Wildman–Crippen LogP) is 2.53. The first-order valence-corrected chi connectivity index (χ1v) is 11.2. The molecular formula is C22H21N5O5S. The molecule has 3 aromatic rings. The van der Waals surface area contributed by atoms with Crippen LogP contribution in [0.5, 0.6) is 0 Å². The van der Waals surface area contributed by atoms with Crippen molar-refractivity contribution in [1.82, 2.24) is 24.9 Å². The fourth-order valence-corrected chi connectivity index (χ4v) is 4.02. The molecule has 170 valence electrons. The first-order chi connectivity index (χ1) is 16.0. The van der Waals surface area contributed by atoms with Gasteiger partial charge in [0, 0.05) is 6.54 Å². The summed E-state index contributed by atoms with van der Waals surface area (Å²) in [4.78, 5) is 54.3. The highest BCUT2D eigenvalue weighted by molar-refractivity contribution is 7.13. The van der Waals surface area contributed by atoms with Crippen LogP contribution < -0.4 is 0 Å². The number of hydrogen-bond acceptors (Lipinski definition) is 8. The SMILES string of the molecule is CCCN(Cc1nnc(-c2cccs2)o1)C(=O)CN1C(=O)C(=O)N(Cc2ccccc2)C1=O. The van der Waals surface area contributed by atoms with Crippen LogP contribution in [0.25, 0.3) is 10.8 Å². The molecule has 5 amide bonds. The van der Waals surface area contributed by atoms with Gasteiger partial charge in [-0.25, -0.2) is 9.69 Å². The first kappa shape index (κ1) is 22.3. The monoisotopic (exact) mass is 467 g/mol. The average Bonchev–Trinajstić information content (AvgIpc) is 3.55. The number of nitrogens with zero attached hydrogens (tertiary/aromatic N) is 5. The summed E-state index contributed by atoms with van der Waals surface area (Å²) in [6, 6.07) is 11.7. The van der Waals surface area contributed by atoms with Gasteiger partial charge in [-0.05, 0) is 23.4 Å². The Morgan fingerprint density at radius 1 is 1.03 bits per heavy atom. The van der Waals surface area contributed by atoms with Crippen molar-refractivity contribution in [2.75, 3.05) is 13.1 Å². The Morgan fingerprint density at radius 2 is 1.79 bits per heavy atom. The van der Waals surface area contributed by atoms with Crippen molar-refractivity contribution in [2.24, 2.45) is 0 Å². The van der Waals surface area contributed by atoms with E-state index in [9.17, 15) is 19.2 Å². The second-order valence-corrected chi connectivity index (χ2v) is 8.29. The summed E-state index contributed by atoms with van der Waals surface area (Å²) in [5, 5.41) is 9.89. The molecule has 0 atom stereocenters. The Bertz CT molecular complexity index is 1160. The van der Waals surface area contributed by atoms with Gasteiger partial charge in [0.2, 0.25) is 11.8 Å². The predicted molar refractivity (Wildman–Crippen MR) is 117 cm³/mol. The Labute approximate surface area is 193 Å². The molecule has 0 radical (unpaired) electrons. The molecule has 0 N–H and O–H groups in total. The second kappa shape index (κ2) is 9.74. The topological polar surface area (TPSA) is 117 Å². The summed E-state index contributed by atoms with van der Waals surface area (Å²) in [6.45, 7) is 1.69. The zero-order chi connectivity index (χ0) is 23.4. The number of carbonyl (C=O) groups is 4. The molecule has 0 spiro atoms. The third-order valence-electron chi connectivity index (χ3n) is 4.98. The normalized spacial score (nSPS) is 13.8. The van der Waals surface area contributed by atoms with Crippen molar-refractivity contribution in [1.29, 1.82) is 0 Å². The van der Waals surface area contributed by atoms with Crippen molar-refractivity contribution >= 4 is 35.1 Å². The minimum Gasteiger partial charge on any atom is -0.418 e. The molecular weight excluding hydrogens is 446 g/mol. The van der Waals surface area contributed by atoms with E-state index in [0.717, 1.165) is 9.78 Å². The number of hydrogen-bond donors (Lipinski definition) is 0. The molecule has 0 bridgehead atoms. The van der Waals surface area contributed by atoms with E-state index in [1.807, 2.05) is 30.5 Å². The zero-order valence-electron chi connectivity index (χ0n) is 17.8. The highest BCUT2D eigenvalue weighted by atomic mass is 32.1. The molecule has 4 rings (SSSR count). The Morgan fingerprint density at radius 3 is 2.48 bits per heavy atom. The Balaban J connectivity index is 1.44. The maximum atomic E-state index is 13.0. The van der Waals surface area contributed by atoms with E-state index < -0.39 is 30.3 Å². The van der Waals surface area contributed by atoms with Crippen LogP contribution in [0.2, 0.25) is 0 Å². The molecule has 1 aromatic carbocycles. The highest BCUT2D eigenvalue weighted by Crippen LogP contribution is 2.23. The van der Waals surface area contributed by atoms with E-state index >= 15 is 0 Å². The standard InChI is InChI=1S/C22H21N5O5S/c1-2-10-25(13-17-23-24-19(32-17)16-9-6-11-33-16)18(28)14-27-21(30)20(29)26(22(27)31)12-15-7-4-3-5-8-15/h3-9,11H,2,10,12-14H2,1H3. The number of aromatic nitrogens is 2. The van der Waals surface area contributed by atoms with E-state index in [4.69, 9.17) is 4.42 Å². The van der Waals surface area contributed by atoms with Gasteiger partial charge in [-0.1, -0.05) is 43.3 Å². The summed E-state index contributed by atoms with van der Waals surface area (Å²) in [7, 11) is 0.